The summed E-state index contributed by atoms with van der Waals surface area (Å²) in [7, 11) is 0. The molecule has 0 fully saturated rings. The summed E-state index contributed by atoms with van der Waals surface area (Å²) < 4.78 is 28.5. The molecule has 2 N–H and O–H groups in total. The molecule has 4 aromatic rings. The summed E-state index contributed by atoms with van der Waals surface area (Å²) in [5, 5.41) is 17.7. The SMILES string of the molecule is CCCCOC(C(=O)O)c1c(C)nc2cc(NC(=O)CCc3ccccc3)nn2c1-c1cc(F)c2c(c1C)CCCO2. The second-order valence-electron chi connectivity index (χ2n) is 10.5. The van der Waals surface area contributed by atoms with Gasteiger partial charge in [0.25, 0.3) is 0 Å². The van der Waals surface area contributed by atoms with Crippen molar-refractivity contribution in [2.75, 3.05) is 18.5 Å². The van der Waals surface area contributed by atoms with Gasteiger partial charge in [0.15, 0.2) is 29.1 Å². The Balaban J connectivity index is 1.62. The van der Waals surface area contributed by atoms with Crippen LogP contribution in [-0.2, 0) is 27.2 Å². The normalized spacial score (nSPS) is 13.4. The largest absolute Gasteiger partial charge is 0.490 e. The minimum atomic E-state index is -1.36. The minimum Gasteiger partial charge on any atom is -0.490 e. The molecular formula is C32H35FN4O5. The molecule has 1 atom stereocenters. The van der Waals surface area contributed by atoms with Gasteiger partial charge in [-0.25, -0.2) is 18.7 Å². The number of anilines is 1. The number of hydrogen-bond acceptors (Lipinski definition) is 6. The number of aromatic nitrogens is 3. The maximum atomic E-state index is 15.5. The highest BCUT2D eigenvalue weighted by Gasteiger charge is 2.32. The van der Waals surface area contributed by atoms with E-state index < -0.39 is 17.9 Å². The summed E-state index contributed by atoms with van der Waals surface area (Å²) in [6, 6.07) is 12.7. The van der Waals surface area contributed by atoms with E-state index in [9.17, 15) is 14.7 Å². The molecule has 3 heterocycles. The maximum absolute atomic E-state index is 15.5. The molecule has 0 bridgehead atoms. The minimum absolute atomic E-state index is 0.222. The molecule has 0 aliphatic carbocycles. The fourth-order valence-corrected chi connectivity index (χ4v) is 5.40. The van der Waals surface area contributed by atoms with Crippen molar-refractivity contribution in [2.24, 2.45) is 0 Å². The van der Waals surface area contributed by atoms with Gasteiger partial charge >= 0.3 is 5.97 Å². The molecule has 9 nitrogen and oxygen atoms in total. The van der Waals surface area contributed by atoms with E-state index in [0.717, 1.165) is 29.5 Å². The fourth-order valence-electron chi connectivity index (χ4n) is 5.40. The molecule has 1 aliphatic rings. The number of rotatable bonds is 11. The average Bonchev–Trinajstić information content (AvgIpc) is 3.38. The van der Waals surface area contributed by atoms with Crippen LogP contribution in [0.1, 0.15) is 66.7 Å². The summed E-state index contributed by atoms with van der Waals surface area (Å²) >= 11 is 0. The molecule has 220 valence electrons. The average molecular weight is 575 g/mol. The van der Waals surface area contributed by atoms with Crippen molar-refractivity contribution in [1.29, 1.82) is 0 Å². The Labute approximate surface area is 243 Å². The second-order valence-corrected chi connectivity index (χ2v) is 10.5. The third-order valence-corrected chi connectivity index (χ3v) is 7.54. The van der Waals surface area contributed by atoms with Gasteiger partial charge < -0.3 is 19.9 Å². The highest BCUT2D eigenvalue weighted by molar-refractivity contribution is 5.90. The Bertz CT molecular complexity index is 1620. The summed E-state index contributed by atoms with van der Waals surface area (Å²) in [6.07, 6.45) is 2.35. The number of unbranched alkanes of at least 4 members (excludes halogenated alkanes) is 1. The van der Waals surface area contributed by atoms with Crippen LogP contribution in [0.25, 0.3) is 16.9 Å². The molecule has 0 saturated carbocycles. The van der Waals surface area contributed by atoms with E-state index in [1.54, 1.807) is 13.0 Å². The number of carbonyl (C=O) groups excluding carboxylic acids is 1. The van der Waals surface area contributed by atoms with Gasteiger partial charge in [0.2, 0.25) is 5.91 Å². The summed E-state index contributed by atoms with van der Waals surface area (Å²) in [5.41, 5.74) is 4.46. The van der Waals surface area contributed by atoms with E-state index in [0.29, 0.717) is 48.5 Å². The van der Waals surface area contributed by atoms with Crippen molar-refractivity contribution in [3.63, 3.8) is 0 Å². The molecule has 42 heavy (non-hydrogen) atoms. The molecule has 0 saturated heterocycles. The van der Waals surface area contributed by atoms with E-state index in [-0.39, 0.29) is 36.1 Å². The van der Waals surface area contributed by atoms with Crippen LogP contribution in [0.5, 0.6) is 5.75 Å². The van der Waals surface area contributed by atoms with Crippen LogP contribution in [0.15, 0.2) is 42.5 Å². The number of aliphatic carboxylic acids is 1. The Kier molecular flexibility index (Phi) is 8.82. The van der Waals surface area contributed by atoms with Crippen molar-refractivity contribution in [3.05, 3.63) is 76.2 Å². The standard InChI is InChI=1S/C32H35FN4O5/c1-4-5-15-42-31(32(39)40)28-20(3)34-26-18-25(35-27(38)14-13-21-10-7-6-8-11-21)36-37(26)29(28)23-17-24(33)30-22(19(23)2)12-9-16-41-30/h6-8,10-11,17-18,31H,4-5,9,12-16H2,1-3H3,(H,39,40)(H,35,36,38). The molecule has 2 aromatic carbocycles. The lowest BCUT2D eigenvalue weighted by Crippen LogP contribution is -2.21. The number of fused-ring (bicyclic) bond motifs is 2. The molecule has 0 spiro atoms. The highest BCUT2D eigenvalue weighted by atomic mass is 19.1. The zero-order valence-corrected chi connectivity index (χ0v) is 24.1. The van der Waals surface area contributed by atoms with Crippen LogP contribution < -0.4 is 10.1 Å². The number of benzene rings is 2. The molecule has 1 aliphatic heterocycles. The number of nitrogens with one attached hydrogen (secondary N) is 1. The molecule has 2 aromatic heterocycles. The molecule has 10 heteroatoms. The summed E-state index contributed by atoms with van der Waals surface area (Å²) in [5.74, 6) is -1.44. The van der Waals surface area contributed by atoms with Crippen LogP contribution in [0, 0.1) is 19.7 Å². The van der Waals surface area contributed by atoms with Crippen LogP contribution in [0.4, 0.5) is 10.2 Å². The van der Waals surface area contributed by atoms with E-state index in [1.165, 1.54) is 10.6 Å². The van der Waals surface area contributed by atoms with Crippen molar-refractivity contribution in [2.45, 2.75) is 65.4 Å². The Morgan fingerprint density at radius 3 is 2.74 bits per heavy atom. The van der Waals surface area contributed by atoms with Crippen LogP contribution in [0.2, 0.25) is 0 Å². The number of aryl methyl sites for hydroxylation is 2. The number of amides is 1. The Morgan fingerprint density at radius 1 is 1.21 bits per heavy atom. The number of hydrogen-bond donors (Lipinski definition) is 2. The Hall–Kier alpha value is -4.31. The third-order valence-electron chi connectivity index (χ3n) is 7.54. The van der Waals surface area contributed by atoms with Gasteiger partial charge in [0.1, 0.15) is 0 Å². The van der Waals surface area contributed by atoms with E-state index in [4.69, 9.17) is 9.47 Å². The van der Waals surface area contributed by atoms with Gasteiger partial charge in [-0.15, -0.1) is 5.10 Å². The van der Waals surface area contributed by atoms with Crippen LogP contribution >= 0.6 is 0 Å². The quantitative estimate of drug-likeness (QED) is 0.211. The van der Waals surface area contributed by atoms with E-state index in [2.05, 4.69) is 15.4 Å². The molecule has 0 radical (unpaired) electrons. The number of carboxylic acid groups (broad SMARTS) is 1. The van der Waals surface area contributed by atoms with Crippen molar-refractivity contribution < 1.29 is 28.6 Å². The monoisotopic (exact) mass is 574 g/mol. The van der Waals surface area contributed by atoms with Crippen molar-refractivity contribution >= 4 is 23.3 Å². The number of ether oxygens (including phenoxy) is 2. The van der Waals surface area contributed by atoms with Crippen molar-refractivity contribution in [1.82, 2.24) is 14.6 Å². The van der Waals surface area contributed by atoms with Gasteiger partial charge in [0.05, 0.1) is 12.3 Å². The van der Waals surface area contributed by atoms with Crippen LogP contribution in [0.3, 0.4) is 0 Å². The second kappa shape index (κ2) is 12.7. The van der Waals surface area contributed by atoms with E-state index >= 15 is 4.39 Å². The first kappa shape index (κ1) is 29.2. The topological polar surface area (TPSA) is 115 Å². The zero-order chi connectivity index (χ0) is 29.8. The lowest BCUT2D eigenvalue weighted by atomic mass is 9.91. The fraction of sp³-hybridized carbons (Fsp3) is 0.375. The first-order valence-corrected chi connectivity index (χ1v) is 14.3. The molecule has 5 rings (SSSR count). The number of carboxylic acids is 1. The van der Waals surface area contributed by atoms with Gasteiger partial charge in [-0.1, -0.05) is 43.7 Å². The van der Waals surface area contributed by atoms with Gasteiger partial charge in [0, 0.05) is 41.5 Å². The van der Waals surface area contributed by atoms with Gasteiger partial charge in [-0.2, -0.15) is 0 Å². The predicted molar refractivity (Wildman–Crippen MR) is 156 cm³/mol. The lowest BCUT2D eigenvalue weighted by molar-refractivity contribution is -0.151. The van der Waals surface area contributed by atoms with E-state index in [1.807, 2.05) is 44.2 Å². The predicted octanol–water partition coefficient (Wildman–Crippen LogP) is 5.99. The van der Waals surface area contributed by atoms with Gasteiger partial charge in [-0.3, -0.25) is 4.79 Å². The third kappa shape index (κ3) is 5.99. The van der Waals surface area contributed by atoms with Crippen LogP contribution in [-0.4, -0.2) is 44.8 Å². The lowest BCUT2D eigenvalue weighted by Gasteiger charge is -2.25. The number of nitrogens with zero attached hydrogens (tertiary/aromatic N) is 3. The summed E-state index contributed by atoms with van der Waals surface area (Å²) in [6.45, 7) is 6.24. The highest BCUT2D eigenvalue weighted by Crippen LogP contribution is 2.41. The number of halogens is 1. The molecule has 1 amide bonds. The summed E-state index contributed by atoms with van der Waals surface area (Å²) in [4.78, 5) is 30.0. The first-order valence-electron chi connectivity index (χ1n) is 14.3. The Morgan fingerprint density at radius 2 is 2.00 bits per heavy atom. The molecular weight excluding hydrogens is 539 g/mol. The zero-order valence-electron chi connectivity index (χ0n) is 24.1. The smallest absolute Gasteiger partial charge is 0.337 e. The maximum Gasteiger partial charge on any atom is 0.337 e. The molecule has 1 unspecified atom stereocenters. The van der Waals surface area contributed by atoms with Gasteiger partial charge in [-0.05, 0) is 56.7 Å². The first-order chi connectivity index (χ1) is 20.3. The number of carbonyl (C=O) groups is 2. The van der Waals surface area contributed by atoms with Crippen molar-refractivity contribution in [3.8, 4) is 17.0 Å².